The number of cyclic esters (lactones) is 1. The third kappa shape index (κ3) is 5.57. The molecule has 2 fully saturated rings. The second-order valence-corrected chi connectivity index (χ2v) is 12.2. The van der Waals surface area contributed by atoms with Crippen molar-refractivity contribution < 1.29 is 29.0 Å². The van der Waals surface area contributed by atoms with E-state index in [0.717, 1.165) is 43.6 Å². The van der Waals surface area contributed by atoms with Crippen molar-refractivity contribution in [3.05, 3.63) is 84.5 Å². The highest BCUT2D eigenvalue weighted by atomic mass is 16.6. The predicted molar refractivity (Wildman–Crippen MR) is 172 cm³/mol. The zero-order valence-corrected chi connectivity index (χ0v) is 26.1. The van der Waals surface area contributed by atoms with E-state index in [9.17, 15) is 19.5 Å². The first kappa shape index (κ1) is 31.0. The largest absolute Gasteiger partial charge is 0.465 e. The number of carbonyl (C=O) groups excluding carboxylic acids is 3. The summed E-state index contributed by atoms with van der Waals surface area (Å²) in [5, 5.41) is 10.7. The maximum absolute atomic E-state index is 14.8. The van der Waals surface area contributed by atoms with Crippen LogP contribution in [0.4, 0.5) is 11.4 Å². The van der Waals surface area contributed by atoms with E-state index in [0.29, 0.717) is 12.1 Å². The minimum atomic E-state index is -1.40. The number of amides is 2. The van der Waals surface area contributed by atoms with Gasteiger partial charge >= 0.3 is 5.97 Å². The molecule has 1 N–H and O–H groups in total. The summed E-state index contributed by atoms with van der Waals surface area (Å²) in [6, 6.07) is 15.7. The van der Waals surface area contributed by atoms with Crippen molar-refractivity contribution in [2.45, 2.75) is 63.3 Å². The minimum Gasteiger partial charge on any atom is -0.465 e. The quantitative estimate of drug-likeness (QED) is 0.356. The number of carbonyl (C=O) groups is 3. The van der Waals surface area contributed by atoms with Crippen molar-refractivity contribution in [3.8, 4) is 0 Å². The van der Waals surface area contributed by atoms with E-state index in [4.69, 9.17) is 9.47 Å². The number of nitrogens with zero attached hydrogens (tertiary/aromatic N) is 3. The number of aliphatic hydroxyl groups excluding tert-OH is 1. The van der Waals surface area contributed by atoms with Gasteiger partial charge in [-0.2, -0.15) is 0 Å². The van der Waals surface area contributed by atoms with Crippen LogP contribution in [0.25, 0.3) is 0 Å². The van der Waals surface area contributed by atoms with Crippen LogP contribution in [0.5, 0.6) is 0 Å². The molecular formula is C36H43N3O6. The zero-order chi connectivity index (χ0) is 31.6. The summed E-state index contributed by atoms with van der Waals surface area (Å²) >= 11 is 0. The van der Waals surface area contributed by atoms with Crippen molar-refractivity contribution in [2.24, 2.45) is 11.8 Å². The Kier molecular flexibility index (Phi) is 9.10. The summed E-state index contributed by atoms with van der Waals surface area (Å²) in [4.78, 5) is 48.6. The average Bonchev–Trinajstić information content (AvgIpc) is 3.45. The number of esters is 1. The molecule has 0 bridgehead atoms. The summed E-state index contributed by atoms with van der Waals surface area (Å²) < 4.78 is 12.5. The van der Waals surface area contributed by atoms with Crippen LogP contribution >= 0.6 is 0 Å². The molecule has 0 aliphatic carbocycles. The Morgan fingerprint density at radius 3 is 2.44 bits per heavy atom. The van der Waals surface area contributed by atoms with Crippen LogP contribution in [0, 0.1) is 11.8 Å². The molecule has 2 saturated heterocycles. The molecule has 0 radical (unpaired) electrons. The van der Waals surface area contributed by atoms with Crippen LogP contribution < -0.4 is 9.80 Å². The fourth-order valence-electron chi connectivity index (χ4n) is 7.55. The van der Waals surface area contributed by atoms with Gasteiger partial charge in [0.2, 0.25) is 5.91 Å². The van der Waals surface area contributed by atoms with Crippen LogP contribution in [0.3, 0.4) is 0 Å². The topological polar surface area (TPSA) is 99.6 Å². The molecule has 1 spiro atoms. The van der Waals surface area contributed by atoms with E-state index < -0.39 is 41.6 Å². The lowest BCUT2D eigenvalue weighted by atomic mass is 9.78. The minimum absolute atomic E-state index is 0.274. The van der Waals surface area contributed by atoms with Crippen molar-refractivity contribution in [2.75, 3.05) is 42.6 Å². The third-order valence-corrected chi connectivity index (χ3v) is 9.75. The number of hydrogen-bond acceptors (Lipinski definition) is 7. The lowest BCUT2D eigenvalue weighted by Gasteiger charge is -2.38. The molecule has 4 aliphatic rings. The van der Waals surface area contributed by atoms with E-state index >= 15 is 0 Å². The molecule has 9 heteroatoms. The van der Waals surface area contributed by atoms with Crippen LogP contribution in [0.15, 0.2) is 78.9 Å². The van der Waals surface area contributed by atoms with Crippen LogP contribution in [-0.4, -0.2) is 84.4 Å². The van der Waals surface area contributed by atoms with Gasteiger partial charge in [0.25, 0.3) is 5.91 Å². The van der Waals surface area contributed by atoms with Crippen molar-refractivity contribution in [1.82, 2.24) is 4.90 Å². The monoisotopic (exact) mass is 613 g/mol. The van der Waals surface area contributed by atoms with Gasteiger partial charge in [-0.3, -0.25) is 14.4 Å². The lowest BCUT2D eigenvalue weighted by Crippen LogP contribution is -2.58. The average molecular weight is 614 g/mol. The molecule has 1 unspecified atom stereocenters. The molecule has 238 valence electrons. The Labute approximate surface area is 265 Å². The fourth-order valence-corrected chi connectivity index (χ4v) is 7.55. The maximum atomic E-state index is 14.8. The molecule has 2 aromatic rings. The number of fused-ring (bicyclic) bond motifs is 2. The number of rotatable bonds is 8. The Morgan fingerprint density at radius 2 is 1.73 bits per heavy atom. The first-order valence-corrected chi connectivity index (χ1v) is 16.3. The Morgan fingerprint density at radius 1 is 0.978 bits per heavy atom. The number of benzene rings is 2. The van der Waals surface area contributed by atoms with Gasteiger partial charge in [-0.15, -0.1) is 0 Å². The molecule has 4 aliphatic heterocycles. The van der Waals surface area contributed by atoms with Crippen LogP contribution in [-0.2, 0) is 30.3 Å². The fraction of sp³-hybridized carbons (Fsp3) is 0.472. The molecule has 9 nitrogen and oxygen atoms in total. The second-order valence-electron chi connectivity index (χ2n) is 12.2. The number of allylic oxidation sites excluding steroid dienone is 1. The molecule has 45 heavy (non-hydrogen) atoms. The van der Waals surface area contributed by atoms with E-state index in [1.807, 2.05) is 78.9 Å². The SMILES string of the molecule is CCN(CC)c1ccc(N2CC=C[C@]34O[C@@H]5/C=C\CCCCOC(=O)[C@@H]5[C@H]3C(=O)N([C@@H](CO)Cc3ccccc3)C4C2=O)cc1. The Balaban J connectivity index is 1.43. The van der Waals surface area contributed by atoms with E-state index in [1.54, 1.807) is 4.90 Å². The second kappa shape index (κ2) is 13.2. The highest BCUT2D eigenvalue weighted by molar-refractivity contribution is 6.05. The van der Waals surface area contributed by atoms with E-state index in [1.165, 1.54) is 4.90 Å². The molecule has 6 rings (SSSR count). The molecule has 2 aromatic carbocycles. The summed E-state index contributed by atoms with van der Waals surface area (Å²) in [5.74, 6) is -3.05. The highest BCUT2D eigenvalue weighted by Crippen LogP contribution is 2.54. The first-order valence-electron chi connectivity index (χ1n) is 16.3. The Bertz CT molecular complexity index is 1440. The number of hydrogen-bond donors (Lipinski definition) is 1. The number of aliphatic hydroxyl groups is 1. The molecule has 0 saturated carbocycles. The van der Waals surface area contributed by atoms with Crippen LogP contribution in [0.2, 0.25) is 0 Å². The standard InChI is InChI=1S/C36H43N3O6/c1-3-37(4-2)26-16-18-27(19-17-26)38-21-12-20-36-31(30-29(45-36)15-10-5-6-11-22-44-35(30)43)33(41)39(32(36)34(38)42)28(24-40)23-25-13-8-7-9-14-25/h7-10,12-20,28-32,40H,3-6,11,21-24H2,1-2H3/b15-10-/t28-,29-,30+,31+,32?,36+/m1/s1. The predicted octanol–water partition coefficient (Wildman–Crippen LogP) is 3.90. The molecule has 0 aromatic heterocycles. The van der Waals surface area contributed by atoms with Gasteiger partial charge < -0.3 is 29.3 Å². The van der Waals surface area contributed by atoms with E-state index in [-0.39, 0.29) is 31.6 Å². The van der Waals surface area contributed by atoms with Crippen LogP contribution in [0.1, 0.15) is 38.7 Å². The third-order valence-electron chi connectivity index (χ3n) is 9.75. The van der Waals surface area contributed by atoms with Gasteiger partial charge in [0.1, 0.15) is 17.6 Å². The Hall–Kier alpha value is -3.95. The maximum Gasteiger partial charge on any atom is 0.312 e. The zero-order valence-electron chi connectivity index (χ0n) is 26.1. The highest BCUT2D eigenvalue weighted by Gasteiger charge is 2.72. The molecule has 2 amide bonds. The summed E-state index contributed by atoms with van der Waals surface area (Å²) in [6.45, 7) is 6.14. The molecule has 4 heterocycles. The van der Waals surface area contributed by atoms with Gasteiger partial charge in [-0.25, -0.2) is 0 Å². The number of likely N-dealkylation sites (tertiary alicyclic amines) is 1. The van der Waals surface area contributed by atoms with Gasteiger partial charge in [0, 0.05) is 31.0 Å². The summed E-state index contributed by atoms with van der Waals surface area (Å²) in [7, 11) is 0. The van der Waals surface area contributed by atoms with E-state index in [2.05, 4.69) is 18.7 Å². The smallest absolute Gasteiger partial charge is 0.312 e. The number of anilines is 2. The molecular weight excluding hydrogens is 570 g/mol. The van der Waals surface area contributed by atoms with Crippen molar-refractivity contribution >= 4 is 29.2 Å². The van der Waals surface area contributed by atoms with Gasteiger partial charge in [0.15, 0.2) is 0 Å². The summed E-state index contributed by atoms with van der Waals surface area (Å²) in [6.07, 6.45) is 9.61. The van der Waals surface area contributed by atoms with Gasteiger partial charge in [-0.1, -0.05) is 54.6 Å². The first-order chi connectivity index (χ1) is 21.9. The summed E-state index contributed by atoms with van der Waals surface area (Å²) in [5.41, 5.74) is 1.29. The van der Waals surface area contributed by atoms with Gasteiger partial charge in [-0.05, 0) is 69.4 Å². The van der Waals surface area contributed by atoms with Crippen molar-refractivity contribution in [1.29, 1.82) is 0 Å². The lowest BCUT2D eigenvalue weighted by molar-refractivity contribution is -0.155. The normalized spacial score (nSPS) is 29.4. The molecule has 6 atom stereocenters. The number of ether oxygens (including phenoxy) is 2. The van der Waals surface area contributed by atoms with Gasteiger partial charge in [0.05, 0.1) is 31.3 Å². The van der Waals surface area contributed by atoms with Crippen molar-refractivity contribution in [3.63, 3.8) is 0 Å².